The fourth-order valence-electron chi connectivity index (χ4n) is 7.74. The maximum atomic E-state index is 6.32. The summed E-state index contributed by atoms with van der Waals surface area (Å²) in [6.45, 7) is 0. The van der Waals surface area contributed by atoms with Crippen molar-refractivity contribution in [3.05, 3.63) is 206 Å². The zero-order chi connectivity index (χ0) is 35.1. The molecule has 3 heteroatoms. The Kier molecular flexibility index (Phi) is 7.47. The van der Waals surface area contributed by atoms with Crippen LogP contribution in [0, 0.1) is 0 Å². The largest absolute Gasteiger partial charge is 0.456 e. The molecule has 53 heavy (non-hydrogen) atoms. The van der Waals surface area contributed by atoms with Crippen LogP contribution in [-0.2, 0) is 0 Å². The zero-order valence-electron chi connectivity index (χ0n) is 28.9. The first kappa shape index (κ1) is 30.7. The number of para-hydroxylation sites is 3. The van der Waals surface area contributed by atoms with E-state index in [1.54, 1.807) is 0 Å². The van der Waals surface area contributed by atoms with Gasteiger partial charge in [-0.15, -0.1) is 0 Å². The van der Waals surface area contributed by atoms with Crippen molar-refractivity contribution in [3.63, 3.8) is 0 Å². The van der Waals surface area contributed by atoms with Gasteiger partial charge in [0.1, 0.15) is 11.2 Å². The highest BCUT2D eigenvalue weighted by molar-refractivity contribution is 6.09. The van der Waals surface area contributed by atoms with E-state index in [-0.39, 0.29) is 0 Å². The topological polar surface area (TPSA) is 19.6 Å². The lowest BCUT2D eigenvalue weighted by atomic mass is 9.93. The Morgan fingerprint density at radius 3 is 1.57 bits per heavy atom. The highest BCUT2D eigenvalue weighted by atomic mass is 16.3. The predicted molar refractivity (Wildman–Crippen MR) is 224 cm³/mol. The van der Waals surface area contributed by atoms with Crippen LogP contribution in [0.25, 0.3) is 54.6 Å². The van der Waals surface area contributed by atoms with E-state index in [2.05, 4.69) is 204 Å². The van der Waals surface area contributed by atoms with E-state index in [0.29, 0.717) is 0 Å². The molecule has 1 aromatic heterocycles. The number of anilines is 6. The summed E-state index contributed by atoms with van der Waals surface area (Å²) in [5.41, 5.74) is 10.5. The lowest BCUT2D eigenvalue weighted by Gasteiger charge is -2.31. The molecule has 0 aliphatic carbocycles. The van der Waals surface area contributed by atoms with E-state index in [9.17, 15) is 0 Å². The molecule has 0 N–H and O–H groups in total. The van der Waals surface area contributed by atoms with Crippen LogP contribution in [0.2, 0.25) is 0 Å². The van der Waals surface area contributed by atoms with Crippen molar-refractivity contribution in [1.82, 2.24) is 0 Å². The van der Waals surface area contributed by atoms with Crippen LogP contribution < -0.4 is 9.80 Å². The van der Waals surface area contributed by atoms with Gasteiger partial charge in [-0.25, -0.2) is 0 Å². The summed E-state index contributed by atoms with van der Waals surface area (Å²) in [6.07, 6.45) is 0. The second kappa shape index (κ2) is 12.9. The Bertz CT molecular complexity index is 2870. The van der Waals surface area contributed by atoms with Crippen molar-refractivity contribution in [1.29, 1.82) is 0 Å². The van der Waals surface area contributed by atoms with Crippen LogP contribution in [-0.4, -0.2) is 0 Å². The van der Waals surface area contributed by atoms with E-state index < -0.39 is 0 Å². The molecule has 0 saturated heterocycles. The molecular weight excluding hydrogens is 645 g/mol. The Labute approximate surface area is 308 Å². The van der Waals surface area contributed by atoms with E-state index in [1.165, 1.54) is 27.1 Å². The second-order valence-electron chi connectivity index (χ2n) is 13.4. The van der Waals surface area contributed by atoms with Crippen LogP contribution >= 0.6 is 0 Å². The van der Waals surface area contributed by atoms with E-state index in [0.717, 1.165) is 61.6 Å². The molecule has 0 aliphatic rings. The summed E-state index contributed by atoms with van der Waals surface area (Å²) < 4.78 is 6.32. The third-order valence-electron chi connectivity index (χ3n) is 10.2. The molecule has 0 saturated carbocycles. The first-order valence-electron chi connectivity index (χ1n) is 18.0. The minimum absolute atomic E-state index is 0.871. The minimum atomic E-state index is 0.871. The van der Waals surface area contributed by atoms with E-state index in [1.807, 2.05) is 12.1 Å². The summed E-state index contributed by atoms with van der Waals surface area (Å²) in [5, 5.41) is 6.99. The summed E-state index contributed by atoms with van der Waals surface area (Å²) in [6, 6.07) is 73.6. The summed E-state index contributed by atoms with van der Waals surface area (Å²) >= 11 is 0. The Balaban J connectivity index is 1.26. The number of nitrogens with zero attached hydrogens (tertiary/aromatic N) is 2. The third-order valence-corrected chi connectivity index (χ3v) is 10.2. The van der Waals surface area contributed by atoms with Gasteiger partial charge in [0.15, 0.2) is 0 Å². The monoisotopic (exact) mass is 678 g/mol. The van der Waals surface area contributed by atoms with Crippen molar-refractivity contribution in [2.45, 2.75) is 0 Å². The van der Waals surface area contributed by atoms with Crippen molar-refractivity contribution < 1.29 is 4.42 Å². The van der Waals surface area contributed by atoms with Crippen LogP contribution in [0.1, 0.15) is 0 Å². The molecule has 10 aromatic rings. The van der Waals surface area contributed by atoms with Crippen molar-refractivity contribution in [3.8, 4) is 11.1 Å². The number of fused-ring (bicyclic) bond motifs is 5. The maximum absolute atomic E-state index is 6.32. The molecule has 0 spiro atoms. The summed E-state index contributed by atoms with van der Waals surface area (Å²) in [7, 11) is 0. The molecule has 9 aromatic carbocycles. The SMILES string of the molecule is c1ccc(N(c2ccccc2)c2cccc(N(c3ccc4oc5ccccc5c4c3)c3cc4ccccc4cc3-c3cccc4ccccc34)c2)cc1. The first-order valence-corrected chi connectivity index (χ1v) is 18.0. The van der Waals surface area contributed by atoms with Gasteiger partial charge in [0.25, 0.3) is 0 Å². The van der Waals surface area contributed by atoms with Gasteiger partial charge in [-0.05, 0) is 106 Å². The van der Waals surface area contributed by atoms with Gasteiger partial charge in [0.05, 0.1) is 5.69 Å². The molecule has 0 aliphatic heterocycles. The Hall–Kier alpha value is -7.10. The molecule has 0 amide bonds. The van der Waals surface area contributed by atoms with Crippen molar-refractivity contribution in [2.75, 3.05) is 9.80 Å². The van der Waals surface area contributed by atoms with Crippen molar-refractivity contribution in [2.24, 2.45) is 0 Å². The molecule has 10 rings (SSSR count). The smallest absolute Gasteiger partial charge is 0.135 e. The Morgan fingerprint density at radius 1 is 0.283 bits per heavy atom. The zero-order valence-corrected chi connectivity index (χ0v) is 28.9. The number of furan rings is 1. The van der Waals surface area contributed by atoms with Gasteiger partial charge < -0.3 is 14.2 Å². The number of hydrogen-bond acceptors (Lipinski definition) is 3. The minimum Gasteiger partial charge on any atom is -0.456 e. The third kappa shape index (κ3) is 5.47. The lowest BCUT2D eigenvalue weighted by Crippen LogP contribution is -2.14. The van der Waals surface area contributed by atoms with Gasteiger partial charge in [0.2, 0.25) is 0 Å². The standard InChI is InChI=1S/C50H34N2O/c1-3-19-38(20-4-1)51(39-21-5-2-6-22-39)40-23-14-24-41(33-40)52(42-29-30-50-47(34-42)45-26-11-12-28-49(45)53-50)48-32-37-17-8-7-16-36(37)31-46(48)44-27-13-18-35-15-9-10-25-43(35)44/h1-34H. The first-order chi connectivity index (χ1) is 26.3. The van der Waals surface area contributed by atoms with Crippen LogP contribution in [0.4, 0.5) is 34.1 Å². The average molecular weight is 679 g/mol. The van der Waals surface area contributed by atoms with Crippen molar-refractivity contribution >= 4 is 77.6 Å². The molecule has 0 bridgehead atoms. The molecule has 0 radical (unpaired) electrons. The molecule has 0 fully saturated rings. The van der Waals surface area contributed by atoms with Gasteiger partial charge in [0, 0.05) is 44.8 Å². The second-order valence-corrected chi connectivity index (χ2v) is 13.4. The van der Waals surface area contributed by atoms with Gasteiger partial charge in [-0.3, -0.25) is 0 Å². The van der Waals surface area contributed by atoms with Crippen LogP contribution in [0.3, 0.4) is 0 Å². The number of hydrogen-bond donors (Lipinski definition) is 0. The molecule has 1 heterocycles. The van der Waals surface area contributed by atoms with Gasteiger partial charge >= 0.3 is 0 Å². The fraction of sp³-hybridized carbons (Fsp3) is 0. The molecule has 0 atom stereocenters. The fourth-order valence-corrected chi connectivity index (χ4v) is 7.74. The quantitative estimate of drug-likeness (QED) is 0.167. The maximum Gasteiger partial charge on any atom is 0.135 e. The molecule has 3 nitrogen and oxygen atoms in total. The van der Waals surface area contributed by atoms with Crippen LogP contribution in [0.5, 0.6) is 0 Å². The van der Waals surface area contributed by atoms with Gasteiger partial charge in [-0.2, -0.15) is 0 Å². The van der Waals surface area contributed by atoms with E-state index >= 15 is 0 Å². The molecular formula is C50H34N2O. The molecule has 0 unspecified atom stereocenters. The Morgan fingerprint density at radius 2 is 0.811 bits per heavy atom. The highest BCUT2D eigenvalue weighted by Crippen LogP contribution is 2.47. The van der Waals surface area contributed by atoms with Gasteiger partial charge in [-0.1, -0.05) is 127 Å². The lowest BCUT2D eigenvalue weighted by molar-refractivity contribution is 0.669. The number of benzene rings is 9. The summed E-state index contributed by atoms with van der Waals surface area (Å²) in [5.74, 6) is 0. The normalized spacial score (nSPS) is 11.4. The molecule has 250 valence electrons. The average Bonchev–Trinajstić information content (AvgIpc) is 3.60. The van der Waals surface area contributed by atoms with E-state index in [4.69, 9.17) is 4.42 Å². The summed E-state index contributed by atoms with van der Waals surface area (Å²) in [4.78, 5) is 4.74. The number of rotatable bonds is 7. The predicted octanol–water partition coefficient (Wildman–Crippen LogP) is 14.5. The van der Waals surface area contributed by atoms with Crippen LogP contribution in [0.15, 0.2) is 211 Å². The highest BCUT2D eigenvalue weighted by Gasteiger charge is 2.22.